The predicted octanol–water partition coefficient (Wildman–Crippen LogP) is 1.10. The number of hydrogen-bond donors (Lipinski definition) is 2. The Labute approximate surface area is 127 Å². The van der Waals surface area contributed by atoms with Crippen LogP contribution in [0, 0.1) is 5.92 Å². The van der Waals surface area contributed by atoms with E-state index in [0.29, 0.717) is 19.7 Å². The van der Waals surface area contributed by atoms with Crippen molar-refractivity contribution in [2.75, 3.05) is 40.8 Å². The van der Waals surface area contributed by atoms with Crippen LogP contribution in [0.4, 0.5) is 0 Å². The van der Waals surface area contributed by atoms with E-state index in [-0.39, 0.29) is 11.8 Å². The summed E-state index contributed by atoms with van der Waals surface area (Å²) >= 11 is 0. The second-order valence-electron chi connectivity index (χ2n) is 5.44. The number of amides is 1. The van der Waals surface area contributed by atoms with Crippen LogP contribution in [0.5, 0.6) is 5.75 Å². The summed E-state index contributed by atoms with van der Waals surface area (Å²) in [5.41, 5.74) is 1.00. The first-order valence-electron chi connectivity index (χ1n) is 7.32. The van der Waals surface area contributed by atoms with Gasteiger partial charge in [0.1, 0.15) is 12.4 Å². The molecule has 0 saturated heterocycles. The molecule has 1 atom stereocenters. The Hall–Kier alpha value is -1.59. The van der Waals surface area contributed by atoms with E-state index < -0.39 is 0 Å². The van der Waals surface area contributed by atoms with E-state index in [4.69, 9.17) is 4.74 Å². The summed E-state index contributed by atoms with van der Waals surface area (Å²) in [6.07, 6.45) is 0. The maximum Gasteiger partial charge on any atom is 0.224 e. The molecule has 0 spiro atoms. The van der Waals surface area contributed by atoms with E-state index in [9.17, 15) is 4.79 Å². The van der Waals surface area contributed by atoms with Gasteiger partial charge >= 0.3 is 0 Å². The molecule has 1 aromatic rings. The van der Waals surface area contributed by atoms with Crippen LogP contribution in [0.1, 0.15) is 12.5 Å². The fourth-order valence-electron chi connectivity index (χ4n) is 1.88. The molecule has 0 aliphatic carbocycles. The molecule has 1 aromatic carbocycles. The summed E-state index contributed by atoms with van der Waals surface area (Å²) in [6, 6.07) is 7.82. The van der Waals surface area contributed by atoms with Gasteiger partial charge < -0.3 is 20.3 Å². The highest BCUT2D eigenvalue weighted by Gasteiger charge is 2.12. The Balaban J connectivity index is 2.52. The topological polar surface area (TPSA) is 53.6 Å². The number of likely N-dealkylation sites (N-methyl/N-ethyl adjacent to an activating group) is 1. The zero-order valence-corrected chi connectivity index (χ0v) is 13.5. The van der Waals surface area contributed by atoms with Crippen LogP contribution in [0.3, 0.4) is 0 Å². The van der Waals surface area contributed by atoms with Gasteiger partial charge in [-0.25, -0.2) is 0 Å². The van der Waals surface area contributed by atoms with Crippen LogP contribution in [-0.4, -0.2) is 51.6 Å². The lowest BCUT2D eigenvalue weighted by Crippen LogP contribution is -2.34. The molecule has 5 nitrogen and oxygen atoms in total. The van der Waals surface area contributed by atoms with Gasteiger partial charge in [-0.1, -0.05) is 25.1 Å². The van der Waals surface area contributed by atoms with E-state index >= 15 is 0 Å². The first-order chi connectivity index (χ1) is 10.0. The van der Waals surface area contributed by atoms with Gasteiger partial charge in [0.05, 0.1) is 0 Å². The number of benzene rings is 1. The number of ether oxygens (including phenoxy) is 1. The highest BCUT2D eigenvalue weighted by molar-refractivity contribution is 5.78. The normalized spacial score (nSPS) is 12.2. The number of nitrogens with zero attached hydrogens (tertiary/aromatic N) is 1. The highest BCUT2D eigenvalue weighted by atomic mass is 16.5. The SMILES string of the molecule is CNCC(C)C(=O)NCc1ccccc1OCCN(C)C. The largest absolute Gasteiger partial charge is 0.492 e. The summed E-state index contributed by atoms with van der Waals surface area (Å²) in [5, 5.41) is 5.96. The maximum atomic E-state index is 11.9. The van der Waals surface area contributed by atoms with Gasteiger partial charge in [-0.05, 0) is 27.2 Å². The van der Waals surface area contributed by atoms with Crippen LogP contribution in [0.2, 0.25) is 0 Å². The van der Waals surface area contributed by atoms with E-state index in [0.717, 1.165) is 17.9 Å². The van der Waals surface area contributed by atoms with Crippen molar-refractivity contribution in [2.45, 2.75) is 13.5 Å². The van der Waals surface area contributed by atoms with Crippen LogP contribution >= 0.6 is 0 Å². The molecule has 1 rings (SSSR count). The lowest BCUT2D eigenvalue weighted by molar-refractivity contribution is -0.124. The van der Waals surface area contributed by atoms with Gasteiger partial charge in [0.25, 0.3) is 0 Å². The van der Waals surface area contributed by atoms with Crippen LogP contribution < -0.4 is 15.4 Å². The Morgan fingerprint density at radius 2 is 2.05 bits per heavy atom. The molecular weight excluding hydrogens is 266 g/mol. The number of hydrogen-bond acceptors (Lipinski definition) is 4. The molecule has 0 saturated carbocycles. The number of para-hydroxylation sites is 1. The lowest BCUT2D eigenvalue weighted by atomic mass is 10.1. The quantitative estimate of drug-likeness (QED) is 0.716. The average molecular weight is 293 g/mol. The summed E-state index contributed by atoms with van der Waals surface area (Å²) in [4.78, 5) is 14.0. The molecule has 1 unspecified atom stereocenters. The molecule has 5 heteroatoms. The first kappa shape index (κ1) is 17.5. The Bertz CT molecular complexity index is 435. The number of rotatable bonds is 9. The smallest absolute Gasteiger partial charge is 0.224 e. The van der Waals surface area contributed by atoms with Crippen molar-refractivity contribution < 1.29 is 9.53 Å². The van der Waals surface area contributed by atoms with Gasteiger partial charge in [-0.15, -0.1) is 0 Å². The molecule has 0 aromatic heterocycles. The molecule has 0 fully saturated rings. The molecule has 0 bridgehead atoms. The summed E-state index contributed by atoms with van der Waals surface area (Å²) < 4.78 is 5.78. The highest BCUT2D eigenvalue weighted by Crippen LogP contribution is 2.17. The van der Waals surface area contributed by atoms with Crippen LogP contribution in [0.15, 0.2) is 24.3 Å². The fourth-order valence-corrected chi connectivity index (χ4v) is 1.88. The lowest BCUT2D eigenvalue weighted by Gasteiger charge is -2.15. The summed E-state index contributed by atoms with van der Waals surface area (Å²) in [6.45, 7) is 4.57. The van der Waals surface area contributed by atoms with Crippen molar-refractivity contribution in [1.82, 2.24) is 15.5 Å². The first-order valence-corrected chi connectivity index (χ1v) is 7.32. The Kier molecular flexibility index (Phi) is 7.79. The third-order valence-electron chi connectivity index (χ3n) is 3.18. The van der Waals surface area contributed by atoms with Crippen molar-refractivity contribution in [3.05, 3.63) is 29.8 Å². The minimum Gasteiger partial charge on any atom is -0.492 e. The monoisotopic (exact) mass is 293 g/mol. The van der Waals surface area contributed by atoms with Crippen LogP contribution in [0.25, 0.3) is 0 Å². The number of carbonyl (C=O) groups excluding carboxylic acids is 1. The molecule has 0 aliphatic rings. The van der Waals surface area contributed by atoms with Gasteiger partial charge in [0, 0.05) is 31.1 Å². The van der Waals surface area contributed by atoms with Gasteiger partial charge in [-0.2, -0.15) is 0 Å². The third kappa shape index (κ3) is 6.60. The van der Waals surface area contributed by atoms with E-state index in [1.807, 2.05) is 52.3 Å². The van der Waals surface area contributed by atoms with Gasteiger partial charge in [-0.3, -0.25) is 4.79 Å². The average Bonchev–Trinajstić information content (AvgIpc) is 2.45. The minimum absolute atomic E-state index is 0.0446. The molecule has 0 aliphatic heterocycles. The molecule has 0 heterocycles. The molecular formula is C16H27N3O2. The standard InChI is InChI=1S/C16H27N3O2/c1-13(11-17-2)16(20)18-12-14-7-5-6-8-15(14)21-10-9-19(3)4/h5-8,13,17H,9-12H2,1-4H3,(H,18,20). The molecule has 21 heavy (non-hydrogen) atoms. The zero-order chi connectivity index (χ0) is 15.7. The minimum atomic E-state index is -0.0446. The molecule has 0 radical (unpaired) electrons. The third-order valence-corrected chi connectivity index (χ3v) is 3.18. The van der Waals surface area contributed by atoms with E-state index in [1.165, 1.54) is 0 Å². The Morgan fingerprint density at radius 3 is 2.71 bits per heavy atom. The van der Waals surface area contributed by atoms with Crippen molar-refractivity contribution in [2.24, 2.45) is 5.92 Å². The van der Waals surface area contributed by atoms with Crippen molar-refractivity contribution in [3.63, 3.8) is 0 Å². The van der Waals surface area contributed by atoms with E-state index in [1.54, 1.807) is 0 Å². The second kappa shape index (κ2) is 9.37. The summed E-state index contributed by atoms with van der Waals surface area (Å²) in [5.74, 6) is 0.838. The number of carbonyl (C=O) groups is 1. The van der Waals surface area contributed by atoms with Gasteiger partial charge in [0.15, 0.2) is 0 Å². The second-order valence-corrected chi connectivity index (χ2v) is 5.44. The van der Waals surface area contributed by atoms with Crippen molar-refractivity contribution in [3.8, 4) is 5.75 Å². The van der Waals surface area contributed by atoms with Crippen molar-refractivity contribution >= 4 is 5.91 Å². The molecule has 1 amide bonds. The zero-order valence-electron chi connectivity index (χ0n) is 13.5. The van der Waals surface area contributed by atoms with Crippen molar-refractivity contribution in [1.29, 1.82) is 0 Å². The van der Waals surface area contributed by atoms with Crippen LogP contribution in [-0.2, 0) is 11.3 Å². The number of nitrogens with one attached hydrogen (secondary N) is 2. The van der Waals surface area contributed by atoms with E-state index in [2.05, 4.69) is 15.5 Å². The fraction of sp³-hybridized carbons (Fsp3) is 0.562. The summed E-state index contributed by atoms with van der Waals surface area (Å²) in [7, 11) is 5.87. The Morgan fingerprint density at radius 1 is 1.33 bits per heavy atom. The predicted molar refractivity (Wildman–Crippen MR) is 85.4 cm³/mol. The maximum absolute atomic E-state index is 11.9. The molecule has 2 N–H and O–H groups in total. The molecule has 118 valence electrons. The van der Waals surface area contributed by atoms with Gasteiger partial charge in [0.2, 0.25) is 5.91 Å².